The third-order valence-corrected chi connectivity index (χ3v) is 4.74. The van der Waals surface area contributed by atoms with Gasteiger partial charge in [0.05, 0.1) is 25.1 Å². The quantitative estimate of drug-likeness (QED) is 0.528. The van der Waals surface area contributed by atoms with E-state index in [9.17, 15) is 4.79 Å². The zero-order valence-corrected chi connectivity index (χ0v) is 16.4. The number of halogens is 2. The predicted octanol–water partition coefficient (Wildman–Crippen LogP) is 4.31. The van der Waals surface area contributed by atoms with Crippen molar-refractivity contribution < 1.29 is 13.8 Å². The molecular weight excluding hydrogens is 387 g/mol. The first-order chi connectivity index (χ1) is 13.1. The van der Waals surface area contributed by atoms with Crippen LogP contribution < -0.4 is 4.90 Å². The van der Waals surface area contributed by atoms with Crippen molar-refractivity contribution in [1.82, 2.24) is 4.90 Å². The van der Waals surface area contributed by atoms with Crippen molar-refractivity contribution in [2.75, 3.05) is 38.3 Å². The molecule has 0 atom stereocenters. The van der Waals surface area contributed by atoms with Crippen LogP contribution in [0.1, 0.15) is 15.9 Å². The molecule has 1 heterocycles. The van der Waals surface area contributed by atoms with Crippen LogP contribution >= 0.6 is 23.5 Å². The Kier molecular flexibility index (Phi) is 6.61. The maximum absolute atomic E-state index is 13.0. The minimum atomic E-state index is -0.125. The van der Waals surface area contributed by atoms with E-state index in [-0.39, 0.29) is 5.78 Å². The van der Waals surface area contributed by atoms with Crippen molar-refractivity contribution >= 4 is 34.9 Å². The van der Waals surface area contributed by atoms with E-state index < -0.39 is 0 Å². The number of carbonyl (C=O) groups excluding carboxylic acids is 1. The van der Waals surface area contributed by atoms with E-state index in [4.69, 9.17) is 32.5 Å². The van der Waals surface area contributed by atoms with Gasteiger partial charge in [-0.05, 0) is 18.2 Å². The first-order valence-electron chi connectivity index (χ1n) is 8.55. The van der Waals surface area contributed by atoms with Gasteiger partial charge in [0, 0.05) is 36.3 Å². The molecule has 1 fully saturated rings. The van der Waals surface area contributed by atoms with Gasteiger partial charge >= 0.3 is 0 Å². The smallest absolute Gasteiger partial charge is 0.233 e. The van der Waals surface area contributed by atoms with E-state index in [0.717, 1.165) is 13.1 Å². The Hall–Kier alpha value is -2.21. The molecule has 0 saturated carbocycles. The largest absolute Gasteiger partial charge is 0.378 e. The van der Waals surface area contributed by atoms with Crippen LogP contribution in [0.5, 0.6) is 0 Å². The average Bonchev–Trinajstić information content (AvgIpc) is 2.72. The number of anilines is 1. The Balaban J connectivity index is 1.95. The Morgan fingerprint density at radius 2 is 1.89 bits per heavy atom. The van der Waals surface area contributed by atoms with Crippen LogP contribution in [0.4, 0.5) is 5.69 Å². The van der Waals surface area contributed by atoms with Gasteiger partial charge in [-0.25, -0.2) is 0 Å². The standard InChI is InChI=1S/C20H20Cl2N2O3/c1-23(19(27-22)14-24-9-11-26-12-10-24)18-8-7-16(21)13-17(18)20(25)15-5-3-2-4-6-15/h2-8,13-14H,9-12H2,1H3. The van der Waals surface area contributed by atoms with Gasteiger partial charge in [-0.1, -0.05) is 41.9 Å². The zero-order valence-electron chi connectivity index (χ0n) is 14.9. The van der Waals surface area contributed by atoms with Gasteiger partial charge in [0.2, 0.25) is 5.88 Å². The lowest BCUT2D eigenvalue weighted by molar-refractivity contribution is 0.0580. The molecule has 0 aliphatic carbocycles. The Morgan fingerprint density at radius 1 is 1.19 bits per heavy atom. The van der Waals surface area contributed by atoms with Gasteiger partial charge in [-0.3, -0.25) is 4.79 Å². The van der Waals surface area contributed by atoms with Gasteiger partial charge < -0.3 is 18.8 Å². The van der Waals surface area contributed by atoms with Gasteiger partial charge in [0.1, 0.15) is 11.9 Å². The van der Waals surface area contributed by atoms with E-state index in [1.165, 1.54) is 0 Å². The normalized spacial score (nSPS) is 14.8. The van der Waals surface area contributed by atoms with E-state index in [0.29, 0.717) is 40.9 Å². The average molecular weight is 407 g/mol. The second kappa shape index (κ2) is 9.13. The molecule has 3 rings (SSSR count). The van der Waals surface area contributed by atoms with Gasteiger partial charge in [0.15, 0.2) is 5.78 Å². The number of rotatable bonds is 6. The summed E-state index contributed by atoms with van der Waals surface area (Å²) in [4.78, 5) is 16.8. The van der Waals surface area contributed by atoms with E-state index in [2.05, 4.69) is 4.90 Å². The number of ketones is 1. The van der Waals surface area contributed by atoms with Crippen LogP contribution in [-0.2, 0) is 9.03 Å². The van der Waals surface area contributed by atoms with Crippen LogP contribution in [0.15, 0.2) is 60.6 Å². The molecule has 1 aliphatic rings. The van der Waals surface area contributed by atoms with Gasteiger partial charge in [-0.15, -0.1) is 0 Å². The minimum Gasteiger partial charge on any atom is -0.378 e. The summed E-state index contributed by atoms with van der Waals surface area (Å²) in [5.74, 6) is 0.281. The van der Waals surface area contributed by atoms with E-state index in [1.54, 1.807) is 42.3 Å². The SMILES string of the molecule is CN(C(=CN1CCOCC1)OCl)c1ccc(Cl)cc1C(=O)c1ccccc1. The van der Waals surface area contributed by atoms with Crippen molar-refractivity contribution in [2.24, 2.45) is 0 Å². The third-order valence-electron chi connectivity index (χ3n) is 4.35. The Bertz CT molecular complexity index is 821. The van der Waals surface area contributed by atoms with E-state index >= 15 is 0 Å². The van der Waals surface area contributed by atoms with Crippen molar-refractivity contribution in [3.63, 3.8) is 0 Å². The fraction of sp³-hybridized carbons (Fsp3) is 0.250. The molecule has 0 amide bonds. The maximum Gasteiger partial charge on any atom is 0.233 e. The summed E-state index contributed by atoms with van der Waals surface area (Å²) in [6.45, 7) is 2.78. The summed E-state index contributed by atoms with van der Waals surface area (Å²) in [6, 6.07) is 14.2. The van der Waals surface area contributed by atoms with Crippen molar-refractivity contribution in [3.8, 4) is 0 Å². The van der Waals surface area contributed by atoms with Crippen LogP contribution in [-0.4, -0.2) is 44.0 Å². The summed E-state index contributed by atoms with van der Waals surface area (Å²) in [6.07, 6.45) is 1.82. The molecule has 1 saturated heterocycles. The molecule has 142 valence electrons. The van der Waals surface area contributed by atoms with Crippen LogP contribution in [0, 0.1) is 0 Å². The second-order valence-corrected chi connectivity index (χ2v) is 6.70. The van der Waals surface area contributed by atoms with Crippen molar-refractivity contribution in [1.29, 1.82) is 0 Å². The molecule has 0 radical (unpaired) electrons. The highest BCUT2D eigenvalue weighted by atomic mass is 35.5. The number of benzene rings is 2. The summed E-state index contributed by atoms with van der Waals surface area (Å²) in [7, 11) is 1.79. The molecule has 0 N–H and O–H groups in total. The Labute approximate surface area is 168 Å². The molecule has 5 nitrogen and oxygen atoms in total. The monoisotopic (exact) mass is 406 g/mol. The predicted molar refractivity (Wildman–Crippen MR) is 107 cm³/mol. The molecule has 0 spiro atoms. The highest BCUT2D eigenvalue weighted by Gasteiger charge is 2.20. The molecule has 0 unspecified atom stereocenters. The number of hydrogen-bond donors (Lipinski definition) is 0. The molecule has 0 aromatic heterocycles. The van der Waals surface area contributed by atoms with Crippen LogP contribution in [0.25, 0.3) is 0 Å². The number of morpholine rings is 1. The van der Waals surface area contributed by atoms with Gasteiger partial charge in [-0.2, -0.15) is 0 Å². The van der Waals surface area contributed by atoms with Gasteiger partial charge in [0.25, 0.3) is 0 Å². The van der Waals surface area contributed by atoms with Crippen LogP contribution in [0.2, 0.25) is 5.02 Å². The van der Waals surface area contributed by atoms with E-state index in [1.807, 2.05) is 24.4 Å². The highest BCUT2D eigenvalue weighted by molar-refractivity contribution is 6.31. The highest BCUT2D eigenvalue weighted by Crippen LogP contribution is 2.29. The summed E-state index contributed by atoms with van der Waals surface area (Å²) in [5.41, 5.74) is 1.70. The fourth-order valence-corrected chi connectivity index (χ4v) is 3.18. The Morgan fingerprint density at radius 3 is 2.56 bits per heavy atom. The lowest BCUT2D eigenvalue weighted by Crippen LogP contribution is -2.34. The number of ether oxygens (including phenoxy) is 1. The summed E-state index contributed by atoms with van der Waals surface area (Å²) < 4.78 is 10.4. The first kappa shape index (κ1) is 19.5. The lowest BCUT2D eigenvalue weighted by atomic mass is 10.0. The third kappa shape index (κ3) is 4.75. The maximum atomic E-state index is 13.0. The topological polar surface area (TPSA) is 42.0 Å². The summed E-state index contributed by atoms with van der Waals surface area (Å²) in [5, 5.41) is 0.483. The number of nitrogens with zero attached hydrogens (tertiary/aromatic N) is 2. The number of hydrogen-bond acceptors (Lipinski definition) is 5. The molecule has 0 bridgehead atoms. The van der Waals surface area contributed by atoms with Crippen LogP contribution in [0.3, 0.4) is 0 Å². The van der Waals surface area contributed by atoms with Crippen molar-refractivity contribution in [2.45, 2.75) is 0 Å². The second-order valence-electron chi connectivity index (χ2n) is 6.11. The molecule has 1 aliphatic heterocycles. The zero-order chi connectivity index (χ0) is 19.2. The van der Waals surface area contributed by atoms with Crippen molar-refractivity contribution in [3.05, 3.63) is 76.8 Å². The molecule has 7 heteroatoms. The molecule has 27 heavy (non-hydrogen) atoms. The molecule has 2 aromatic carbocycles. The molecule has 2 aromatic rings. The first-order valence-corrected chi connectivity index (χ1v) is 9.24. The summed E-state index contributed by atoms with van der Waals surface area (Å²) >= 11 is 11.9. The molecular formula is C20H20Cl2N2O3. The lowest BCUT2D eigenvalue weighted by Gasteiger charge is -2.28. The minimum absolute atomic E-state index is 0.125. The number of carbonyl (C=O) groups is 1. The fourth-order valence-electron chi connectivity index (χ4n) is 2.87.